The Morgan fingerprint density at radius 1 is 1.18 bits per heavy atom. The molecule has 3 nitrogen and oxygen atoms in total. The molecule has 0 aromatic heterocycles. The Labute approximate surface area is 100 Å². The van der Waals surface area contributed by atoms with Crippen LogP contribution in [0.4, 0.5) is 5.69 Å². The summed E-state index contributed by atoms with van der Waals surface area (Å²) in [6, 6.07) is 13.5. The van der Waals surface area contributed by atoms with Gasteiger partial charge in [-0.15, -0.1) is 0 Å². The number of carboxylic acids is 1. The number of nitrogens with zero attached hydrogens (tertiary/aromatic N) is 1. The Morgan fingerprint density at radius 2 is 1.82 bits per heavy atom. The average molecular weight is 229 g/mol. The molecule has 1 N–H and O–H groups in total. The van der Waals surface area contributed by atoms with E-state index in [4.69, 9.17) is 5.11 Å². The minimum Gasteiger partial charge on any atom is -0.480 e. The van der Waals surface area contributed by atoms with Gasteiger partial charge in [0, 0.05) is 12.7 Å². The summed E-state index contributed by atoms with van der Waals surface area (Å²) in [6.07, 6.45) is 0. The fraction of sp³-hybridized carbons (Fsp3) is 0.214. The second-order valence-electron chi connectivity index (χ2n) is 4.16. The molecule has 1 atom stereocenters. The van der Waals surface area contributed by atoms with Crippen molar-refractivity contribution in [2.75, 3.05) is 11.9 Å². The van der Waals surface area contributed by atoms with Gasteiger partial charge in [0.25, 0.3) is 0 Å². The molecule has 0 saturated carbocycles. The van der Waals surface area contributed by atoms with E-state index in [0.717, 1.165) is 16.5 Å². The molecule has 0 heterocycles. The number of anilines is 1. The first-order chi connectivity index (χ1) is 8.09. The third-order valence-electron chi connectivity index (χ3n) is 3.08. The van der Waals surface area contributed by atoms with E-state index in [1.54, 1.807) is 18.9 Å². The number of benzene rings is 2. The lowest BCUT2D eigenvalue weighted by molar-refractivity contribution is -0.138. The zero-order valence-electron chi connectivity index (χ0n) is 9.92. The van der Waals surface area contributed by atoms with Gasteiger partial charge in [0.1, 0.15) is 6.04 Å². The van der Waals surface area contributed by atoms with Crippen LogP contribution in [0.15, 0.2) is 42.5 Å². The molecule has 0 fully saturated rings. The van der Waals surface area contributed by atoms with E-state index in [-0.39, 0.29) is 0 Å². The van der Waals surface area contributed by atoms with Crippen molar-refractivity contribution in [3.63, 3.8) is 0 Å². The molecule has 0 radical (unpaired) electrons. The molecule has 0 aliphatic rings. The molecular formula is C14H15NO2. The normalized spacial score (nSPS) is 12.4. The average Bonchev–Trinajstić information content (AvgIpc) is 2.36. The molecule has 0 spiro atoms. The Hall–Kier alpha value is -2.03. The van der Waals surface area contributed by atoms with E-state index in [0.29, 0.717) is 0 Å². The van der Waals surface area contributed by atoms with Crippen molar-refractivity contribution in [2.24, 2.45) is 0 Å². The smallest absolute Gasteiger partial charge is 0.326 e. The molecule has 0 amide bonds. The Morgan fingerprint density at radius 3 is 2.47 bits per heavy atom. The molecular weight excluding hydrogens is 214 g/mol. The van der Waals surface area contributed by atoms with Crippen LogP contribution in [0.25, 0.3) is 10.8 Å². The van der Waals surface area contributed by atoms with Gasteiger partial charge in [-0.3, -0.25) is 0 Å². The third-order valence-corrected chi connectivity index (χ3v) is 3.08. The van der Waals surface area contributed by atoms with E-state index in [1.807, 2.05) is 42.5 Å². The number of rotatable bonds is 3. The SMILES string of the molecule is C[C@@H](C(=O)O)N(C)c1ccc2ccccc2c1. The number of aliphatic carboxylic acids is 1. The number of hydrogen-bond donors (Lipinski definition) is 1. The zero-order chi connectivity index (χ0) is 12.4. The molecule has 88 valence electrons. The Bertz CT molecular complexity index is 551. The molecule has 0 aliphatic heterocycles. The topological polar surface area (TPSA) is 40.5 Å². The van der Waals surface area contributed by atoms with Gasteiger partial charge in [0.05, 0.1) is 0 Å². The van der Waals surface area contributed by atoms with Crippen molar-refractivity contribution in [3.05, 3.63) is 42.5 Å². The number of carbonyl (C=O) groups is 1. The van der Waals surface area contributed by atoms with Crippen LogP contribution in [0.1, 0.15) is 6.92 Å². The highest BCUT2D eigenvalue weighted by Gasteiger charge is 2.16. The van der Waals surface area contributed by atoms with Gasteiger partial charge in [-0.05, 0) is 29.8 Å². The maximum Gasteiger partial charge on any atom is 0.326 e. The van der Waals surface area contributed by atoms with Gasteiger partial charge in [-0.2, -0.15) is 0 Å². The first-order valence-electron chi connectivity index (χ1n) is 5.54. The van der Waals surface area contributed by atoms with Crippen LogP contribution in [-0.4, -0.2) is 24.2 Å². The monoisotopic (exact) mass is 229 g/mol. The van der Waals surface area contributed by atoms with Crippen LogP contribution < -0.4 is 4.90 Å². The maximum atomic E-state index is 10.9. The Balaban J connectivity index is 2.39. The summed E-state index contributed by atoms with van der Waals surface area (Å²) < 4.78 is 0. The van der Waals surface area contributed by atoms with Crippen molar-refractivity contribution in [2.45, 2.75) is 13.0 Å². The second-order valence-corrected chi connectivity index (χ2v) is 4.16. The quantitative estimate of drug-likeness (QED) is 0.879. The van der Waals surface area contributed by atoms with Crippen molar-refractivity contribution >= 4 is 22.4 Å². The fourth-order valence-electron chi connectivity index (χ4n) is 1.79. The van der Waals surface area contributed by atoms with Gasteiger partial charge in [0.15, 0.2) is 0 Å². The summed E-state index contributed by atoms with van der Waals surface area (Å²) in [6.45, 7) is 1.68. The first-order valence-corrected chi connectivity index (χ1v) is 5.54. The minimum atomic E-state index is -0.819. The molecule has 2 aromatic rings. The predicted molar refractivity (Wildman–Crippen MR) is 69.4 cm³/mol. The third kappa shape index (κ3) is 2.23. The lowest BCUT2D eigenvalue weighted by Crippen LogP contribution is -2.35. The molecule has 17 heavy (non-hydrogen) atoms. The number of fused-ring (bicyclic) bond motifs is 1. The summed E-state index contributed by atoms with van der Waals surface area (Å²) >= 11 is 0. The van der Waals surface area contributed by atoms with E-state index < -0.39 is 12.0 Å². The van der Waals surface area contributed by atoms with Crippen molar-refractivity contribution in [3.8, 4) is 0 Å². The van der Waals surface area contributed by atoms with Crippen LogP contribution in [0, 0.1) is 0 Å². The summed E-state index contributed by atoms with van der Waals surface area (Å²) in [5.74, 6) is -0.819. The van der Waals surface area contributed by atoms with E-state index in [2.05, 4.69) is 0 Å². The van der Waals surface area contributed by atoms with E-state index in [9.17, 15) is 4.79 Å². The van der Waals surface area contributed by atoms with Crippen molar-refractivity contribution in [1.29, 1.82) is 0 Å². The summed E-state index contributed by atoms with van der Waals surface area (Å²) in [4.78, 5) is 12.7. The molecule has 0 bridgehead atoms. The summed E-state index contributed by atoms with van der Waals surface area (Å²) in [7, 11) is 1.79. The summed E-state index contributed by atoms with van der Waals surface area (Å²) in [5.41, 5.74) is 0.915. The van der Waals surface area contributed by atoms with Gasteiger partial charge < -0.3 is 10.0 Å². The number of likely N-dealkylation sites (N-methyl/N-ethyl adjacent to an activating group) is 1. The highest BCUT2D eigenvalue weighted by Crippen LogP contribution is 2.22. The van der Waals surface area contributed by atoms with Crippen LogP contribution in [0.5, 0.6) is 0 Å². The maximum absolute atomic E-state index is 10.9. The standard InChI is InChI=1S/C14H15NO2/c1-10(14(16)17)15(2)13-8-7-11-5-3-4-6-12(11)9-13/h3-10H,1-2H3,(H,16,17)/t10-/m0/s1. The molecule has 2 rings (SSSR count). The lowest BCUT2D eigenvalue weighted by Gasteiger charge is -2.23. The van der Waals surface area contributed by atoms with Gasteiger partial charge in [-0.1, -0.05) is 30.3 Å². The largest absolute Gasteiger partial charge is 0.480 e. The van der Waals surface area contributed by atoms with Crippen molar-refractivity contribution in [1.82, 2.24) is 0 Å². The lowest BCUT2D eigenvalue weighted by atomic mass is 10.1. The Kier molecular flexibility index (Phi) is 3.00. The van der Waals surface area contributed by atoms with Crippen LogP contribution in [0.3, 0.4) is 0 Å². The molecule has 0 aliphatic carbocycles. The van der Waals surface area contributed by atoms with Crippen LogP contribution in [0.2, 0.25) is 0 Å². The number of carboxylic acid groups (broad SMARTS) is 1. The van der Waals surface area contributed by atoms with E-state index >= 15 is 0 Å². The molecule has 0 saturated heterocycles. The number of hydrogen-bond acceptors (Lipinski definition) is 2. The highest BCUT2D eigenvalue weighted by molar-refractivity contribution is 5.87. The van der Waals surface area contributed by atoms with Crippen molar-refractivity contribution < 1.29 is 9.90 Å². The summed E-state index contributed by atoms with van der Waals surface area (Å²) in [5, 5.41) is 11.3. The molecule has 0 unspecified atom stereocenters. The van der Waals surface area contributed by atoms with Gasteiger partial charge in [0.2, 0.25) is 0 Å². The minimum absolute atomic E-state index is 0.531. The second kappa shape index (κ2) is 4.45. The predicted octanol–water partition coefficient (Wildman–Crippen LogP) is 2.75. The molecule has 2 aromatic carbocycles. The van der Waals surface area contributed by atoms with E-state index in [1.165, 1.54) is 0 Å². The molecule has 3 heteroatoms. The van der Waals surface area contributed by atoms with Gasteiger partial charge in [-0.25, -0.2) is 4.79 Å². The van der Waals surface area contributed by atoms with Gasteiger partial charge >= 0.3 is 5.97 Å². The van der Waals surface area contributed by atoms with Crippen LogP contribution >= 0.6 is 0 Å². The fourth-order valence-corrected chi connectivity index (χ4v) is 1.79. The highest BCUT2D eigenvalue weighted by atomic mass is 16.4. The first kappa shape index (κ1) is 11.5. The van der Waals surface area contributed by atoms with Crippen LogP contribution in [-0.2, 0) is 4.79 Å². The zero-order valence-corrected chi connectivity index (χ0v) is 9.92.